The van der Waals surface area contributed by atoms with Gasteiger partial charge in [0.2, 0.25) is 5.82 Å². The fourth-order valence-corrected chi connectivity index (χ4v) is 1.96. The van der Waals surface area contributed by atoms with Crippen LogP contribution in [-0.2, 0) is 4.84 Å². The van der Waals surface area contributed by atoms with Crippen molar-refractivity contribution in [3.63, 3.8) is 0 Å². The third-order valence-corrected chi connectivity index (χ3v) is 3.05. The Morgan fingerprint density at radius 2 is 2.04 bits per heavy atom. The Kier molecular flexibility index (Phi) is 4.62. The normalized spacial score (nSPS) is 10.7. The molecule has 0 saturated carbocycles. The Bertz CT molecular complexity index is 859. The van der Waals surface area contributed by atoms with Crippen LogP contribution in [0.3, 0.4) is 0 Å². The molecule has 0 aliphatic rings. The summed E-state index contributed by atoms with van der Waals surface area (Å²) in [4.78, 5) is 20.4. The van der Waals surface area contributed by atoms with Crippen LogP contribution < -0.4 is 5.32 Å². The highest BCUT2D eigenvalue weighted by atomic mass is 16.7. The molecule has 1 heterocycles. The lowest BCUT2D eigenvalue weighted by Crippen LogP contribution is -2.11. The Morgan fingerprint density at radius 1 is 1.21 bits per heavy atom. The molecule has 120 valence electrons. The number of carbonyl (C=O) groups excluding carboxylic acids is 1. The lowest BCUT2D eigenvalue weighted by atomic mass is 10.1. The number of anilines is 1. The minimum Gasteiger partial charge on any atom is -0.315 e. The van der Waals surface area contributed by atoms with E-state index in [-0.39, 0.29) is 6.01 Å². The minimum absolute atomic E-state index is 0.0635. The van der Waals surface area contributed by atoms with E-state index in [1.54, 1.807) is 0 Å². The van der Waals surface area contributed by atoms with Crippen LogP contribution in [0.4, 0.5) is 10.8 Å². The third-order valence-electron chi connectivity index (χ3n) is 3.05. The Morgan fingerprint density at radius 3 is 2.83 bits per heavy atom. The van der Waals surface area contributed by atoms with Crippen LogP contribution in [0.1, 0.15) is 11.1 Å². The van der Waals surface area contributed by atoms with Crippen LogP contribution in [0, 0.1) is 6.92 Å². The summed E-state index contributed by atoms with van der Waals surface area (Å²) in [7, 11) is 0. The molecule has 0 unspecified atom stereocenters. The van der Waals surface area contributed by atoms with Gasteiger partial charge in [0.05, 0.1) is 6.21 Å². The maximum absolute atomic E-state index is 11.6. The number of aromatic nitrogens is 2. The zero-order valence-electron chi connectivity index (χ0n) is 12.8. The van der Waals surface area contributed by atoms with Crippen LogP contribution in [0.25, 0.3) is 11.4 Å². The standard InChI is InChI=1S/C17H14N4O3/c1-12-6-5-9-14(10-12)15-19-16(23-21-15)20-17(22)24-18-11-13-7-3-2-4-8-13/h2-11H,1H3,(H,19,20,21,22)/b18-11+. The number of rotatable bonds is 4. The van der Waals surface area contributed by atoms with Crippen molar-refractivity contribution < 1.29 is 14.2 Å². The van der Waals surface area contributed by atoms with Gasteiger partial charge in [0.15, 0.2) is 0 Å². The lowest BCUT2D eigenvalue weighted by molar-refractivity contribution is 0.166. The van der Waals surface area contributed by atoms with E-state index in [1.165, 1.54) is 6.21 Å². The second kappa shape index (κ2) is 7.19. The molecule has 0 fully saturated rings. The van der Waals surface area contributed by atoms with Gasteiger partial charge in [-0.15, -0.1) is 0 Å². The fraction of sp³-hybridized carbons (Fsp3) is 0.0588. The molecule has 2 aromatic carbocycles. The van der Waals surface area contributed by atoms with Gasteiger partial charge in [-0.05, 0) is 18.6 Å². The fourth-order valence-electron chi connectivity index (χ4n) is 1.96. The first-order valence-electron chi connectivity index (χ1n) is 7.18. The Hall–Kier alpha value is -3.48. The summed E-state index contributed by atoms with van der Waals surface area (Å²) in [6.45, 7) is 1.96. The molecule has 0 bridgehead atoms. The Balaban J connectivity index is 1.58. The van der Waals surface area contributed by atoms with Gasteiger partial charge in [-0.2, -0.15) is 4.98 Å². The van der Waals surface area contributed by atoms with E-state index >= 15 is 0 Å². The largest absolute Gasteiger partial charge is 0.441 e. The molecule has 7 heteroatoms. The van der Waals surface area contributed by atoms with Gasteiger partial charge in [0, 0.05) is 5.56 Å². The van der Waals surface area contributed by atoms with E-state index < -0.39 is 6.09 Å². The van der Waals surface area contributed by atoms with E-state index in [4.69, 9.17) is 4.52 Å². The SMILES string of the molecule is Cc1cccc(-c2noc(NC(=O)O/N=C/c3ccccc3)n2)c1. The van der Waals surface area contributed by atoms with Gasteiger partial charge in [0.1, 0.15) is 0 Å². The molecule has 0 aliphatic carbocycles. The maximum atomic E-state index is 11.6. The number of aryl methyl sites for hydroxylation is 1. The monoisotopic (exact) mass is 322 g/mol. The van der Waals surface area contributed by atoms with Crippen LogP contribution in [-0.4, -0.2) is 22.4 Å². The molecule has 0 atom stereocenters. The first-order chi connectivity index (χ1) is 11.7. The summed E-state index contributed by atoms with van der Waals surface area (Å²) in [5, 5.41) is 9.72. The van der Waals surface area contributed by atoms with Crippen LogP contribution in [0.5, 0.6) is 0 Å². The average molecular weight is 322 g/mol. The summed E-state index contributed by atoms with van der Waals surface area (Å²) >= 11 is 0. The molecule has 3 aromatic rings. The summed E-state index contributed by atoms with van der Waals surface area (Å²) in [6.07, 6.45) is 0.604. The van der Waals surface area contributed by atoms with E-state index in [0.29, 0.717) is 5.82 Å². The van der Waals surface area contributed by atoms with Gasteiger partial charge in [-0.3, -0.25) is 4.84 Å². The zero-order valence-corrected chi connectivity index (χ0v) is 12.8. The first-order valence-corrected chi connectivity index (χ1v) is 7.18. The molecular weight excluding hydrogens is 308 g/mol. The van der Waals surface area contributed by atoms with Gasteiger partial charge < -0.3 is 4.52 Å². The third kappa shape index (κ3) is 4.04. The average Bonchev–Trinajstić information content (AvgIpc) is 3.04. The highest BCUT2D eigenvalue weighted by Crippen LogP contribution is 2.18. The van der Waals surface area contributed by atoms with Crippen molar-refractivity contribution >= 4 is 18.3 Å². The lowest BCUT2D eigenvalue weighted by Gasteiger charge is -1.96. The van der Waals surface area contributed by atoms with E-state index in [0.717, 1.165) is 16.7 Å². The second-order valence-corrected chi connectivity index (χ2v) is 4.94. The summed E-state index contributed by atoms with van der Waals surface area (Å²) in [5.74, 6) is 0.377. The van der Waals surface area contributed by atoms with Gasteiger partial charge in [0.25, 0.3) is 0 Å². The number of hydrogen-bond donors (Lipinski definition) is 1. The predicted molar refractivity (Wildman–Crippen MR) is 88.6 cm³/mol. The van der Waals surface area contributed by atoms with Crippen LogP contribution in [0.15, 0.2) is 64.3 Å². The number of amides is 1. The molecule has 0 aliphatic heterocycles. The van der Waals surface area contributed by atoms with Crippen molar-refractivity contribution in [2.24, 2.45) is 5.16 Å². The number of nitrogens with one attached hydrogen (secondary N) is 1. The first kappa shape index (κ1) is 15.4. The Labute approximate surface area is 137 Å². The number of benzene rings is 2. The van der Waals surface area contributed by atoms with Crippen molar-refractivity contribution in [1.82, 2.24) is 10.1 Å². The molecule has 24 heavy (non-hydrogen) atoms. The topological polar surface area (TPSA) is 89.6 Å². The number of oxime groups is 1. The van der Waals surface area contributed by atoms with Crippen LogP contribution >= 0.6 is 0 Å². The number of nitrogens with zero attached hydrogens (tertiary/aromatic N) is 3. The quantitative estimate of drug-likeness (QED) is 0.450. The van der Waals surface area contributed by atoms with E-state index in [9.17, 15) is 4.79 Å². The highest BCUT2D eigenvalue weighted by Gasteiger charge is 2.12. The molecule has 1 amide bonds. The van der Waals surface area contributed by atoms with E-state index in [2.05, 4.69) is 25.5 Å². The minimum atomic E-state index is -0.818. The van der Waals surface area contributed by atoms with E-state index in [1.807, 2.05) is 61.5 Å². The van der Waals surface area contributed by atoms with Crippen molar-refractivity contribution in [3.8, 4) is 11.4 Å². The van der Waals surface area contributed by atoms with Gasteiger partial charge in [-0.1, -0.05) is 64.4 Å². The second-order valence-electron chi connectivity index (χ2n) is 4.94. The molecular formula is C17H14N4O3. The smallest absolute Gasteiger partial charge is 0.315 e. The van der Waals surface area contributed by atoms with Gasteiger partial charge in [-0.25, -0.2) is 10.1 Å². The van der Waals surface area contributed by atoms with Gasteiger partial charge >= 0.3 is 12.1 Å². The van der Waals surface area contributed by atoms with Crippen LogP contribution in [0.2, 0.25) is 0 Å². The van der Waals surface area contributed by atoms with Crippen molar-refractivity contribution in [1.29, 1.82) is 0 Å². The molecule has 1 aromatic heterocycles. The van der Waals surface area contributed by atoms with Crippen molar-refractivity contribution in [2.45, 2.75) is 6.92 Å². The molecule has 7 nitrogen and oxygen atoms in total. The summed E-state index contributed by atoms with van der Waals surface area (Å²) in [6, 6.07) is 16.8. The molecule has 3 rings (SSSR count). The predicted octanol–water partition coefficient (Wildman–Crippen LogP) is 3.63. The summed E-state index contributed by atoms with van der Waals surface area (Å²) < 4.78 is 4.97. The van der Waals surface area contributed by atoms with Crippen molar-refractivity contribution in [3.05, 3.63) is 65.7 Å². The molecule has 0 saturated heterocycles. The molecule has 0 spiro atoms. The highest BCUT2D eigenvalue weighted by molar-refractivity contribution is 5.84. The summed E-state index contributed by atoms with van der Waals surface area (Å²) in [5.41, 5.74) is 2.67. The number of hydrogen-bond acceptors (Lipinski definition) is 6. The van der Waals surface area contributed by atoms with Crippen molar-refractivity contribution in [2.75, 3.05) is 5.32 Å². The molecule has 0 radical (unpaired) electrons. The number of carbonyl (C=O) groups is 1. The molecule has 1 N–H and O–H groups in total. The maximum Gasteiger partial charge on any atom is 0.441 e. The zero-order chi connectivity index (χ0) is 16.8.